The summed E-state index contributed by atoms with van der Waals surface area (Å²) in [6, 6.07) is 7.94. The van der Waals surface area contributed by atoms with E-state index in [0.29, 0.717) is 5.92 Å². The second-order valence-corrected chi connectivity index (χ2v) is 6.79. The molecule has 0 radical (unpaired) electrons. The minimum absolute atomic E-state index is 0.445. The molecule has 128 valence electrons. The average molecular weight is 331 g/mol. The number of aromatic nitrogens is 1. The van der Waals surface area contributed by atoms with Gasteiger partial charge in [0, 0.05) is 39.4 Å². The normalized spacial score (nSPS) is 18.1. The zero-order valence-electron chi connectivity index (χ0n) is 14.2. The van der Waals surface area contributed by atoms with Gasteiger partial charge in [-0.1, -0.05) is 6.07 Å². The zero-order chi connectivity index (χ0) is 17.1. The van der Waals surface area contributed by atoms with Crippen LogP contribution >= 0.6 is 0 Å². The van der Waals surface area contributed by atoms with Crippen LogP contribution in [0.2, 0.25) is 0 Å². The summed E-state index contributed by atoms with van der Waals surface area (Å²) in [7, 11) is 3.95. The van der Waals surface area contributed by atoms with Gasteiger partial charge in [0.2, 0.25) is 0 Å². The summed E-state index contributed by atoms with van der Waals surface area (Å²) in [5.74, 6) is 0.408. The van der Waals surface area contributed by atoms with Crippen molar-refractivity contribution in [3.63, 3.8) is 0 Å². The number of nitrogens with zero attached hydrogens (tertiary/aromatic N) is 3. The predicted octanol–water partition coefficient (Wildman–Crippen LogP) is 3.49. The zero-order valence-corrected chi connectivity index (χ0v) is 14.2. The van der Waals surface area contributed by atoms with E-state index in [2.05, 4.69) is 16.0 Å². The van der Waals surface area contributed by atoms with E-state index >= 15 is 0 Å². The number of benzene rings is 1. The second-order valence-electron chi connectivity index (χ2n) is 6.79. The summed E-state index contributed by atoms with van der Waals surface area (Å²) in [5.41, 5.74) is 1.94. The first-order chi connectivity index (χ1) is 11.5. The third-order valence-corrected chi connectivity index (χ3v) is 4.49. The molecule has 2 heterocycles. The standard InChI is InChI=1S/C19H23F2N3/c1-23(2)19-4-3-15(11-22-19)13-24-6-5-14(12-24)7-16-8-17(20)10-18(21)9-16/h3-4,8-11,14H,5-7,12-13H2,1-2H3. The number of anilines is 1. The SMILES string of the molecule is CN(C)c1ccc(CN2CCC(Cc3cc(F)cc(F)c3)C2)cn1. The summed E-state index contributed by atoms with van der Waals surface area (Å²) >= 11 is 0. The van der Waals surface area contributed by atoms with E-state index in [1.54, 1.807) is 0 Å². The third-order valence-electron chi connectivity index (χ3n) is 4.49. The van der Waals surface area contributed by atoms with Crippen molar-refractivity contribution < 1.29 is 8.78 Å². The molecule has 0 amide bonds. The lowest BCUT2D eigenvalue weighted by molar-refractivity contribution is 0.316. The molecule has 3 nitrogen and oxygen atoms in total. The Balaban J connectivity index is 1.55. The van der Waals surface area contributed by atoms with Crippen LogP contribution in [-0.4, -0.2) is 37.1 Å². The van der Waals surface area contributed by atoms with Crippen molar-refractivity contribution in [2.75, 3.05) is 32.1 Å². The van der Waals surface area contributed by atoms with Gasteiger partial charge in [-0.15, -0.1) is 0 Å². The molecule has 5 heteroatoms. The summed E-state index contributed by atoms with van der Waals surface area (Å²) in [6.45, 7) is 2.83. The highest BCUT2D eigenvalue weighted by Crippen LogP contribution is 2.23. The van der Waals surface area contributed by atoms with Gasteiger partial charge in [0.05, 0.1) is 0 Å². The Morgan fingerprint density at radius 2 is 1.88 bits per heavy atom. The Hall–Kier alpha value is -2.01. The van der Waals surface area contributed by atoms with Crippen molar-refractivity contribution in [3.05, 3.63) is 59.3 Å². The van der Waals surface area contributed by atoms with E-state index in [1.165, 1.54) is 17.7 Å². The Kier molecular flexibility index (Phi) is 5.09. The van der Waals surface area contributed by atoms with Crippen molar-refractivity contribution in [3.8, 4) is 0 Å². The van der Waals surface area contributed by atoms with Gasteiger partial charge in [0.15, 0.2) is 0 Å². The average Bonchev–Trinajstić information content (AvgIpc) is 2.93. The van der Waals surface area contributed by atoms with E-state index in [1.807, 2.05) is 31.3 Å². The predicted molar refractivity (Wildman–Crippen MR) is 92.0 cm³/mol. The van der Waals surface area contributed by atoms with Crippen LogP contribution in [0.5, 0.6) is 0 Å². The number of likely N-dealkylation sites (tertiary alicyclic amines) is 1. The quantitative estimate of drug-likeness (QED) is 0.836. The fraction of sp³-hybridized carbons (Fsp3) is 0.421. The van der Waals surface area contributed by atoms with Crippen molar-refractivity contribution in [1.29, 1.82) is 0 Å². The van der Waals surface area contributed by atoms with Gasteiger partial charge in [0.1, 0.15) is 17.5 Å². The summed E-state index contributed by atoms with van der Waals surface area (Å²) < 4.78 is 26.6. The molecule has 2 aromatic rings. The lowest BCUT2D eigenvalue weighted by Crippen LogP contribution is -2.21. The van der Waals surface area contributed by atoms with Crippen LogP contribution in [0.1, 0.15) is 17.5 Å². The molecular weight excluding hydrogens is 308 g/mol. The number of rotatable bonds is 5. The van der Waals surface area contributed by atoms with Crippen LogP contribution < -0.4 is 4.90 Å². The van der Waals surface area contributed by atoms with Crippen LogP contribution in [0.25, 0.3) is 0 Å². The molecule has 1 aromatic carbocycles. The van der Waals surface area contributed by atoms with E-state index in [0.717, 1.165) is 49.9 Å². The smallest absolute Gasteiger partial charge is 0.127 e. The number of pyridine rings is 1. The second kappa shape index (κ2) is 7.26. The van der Waals surface area contributed by atoms with Gasteiger partial charge < -0.3 is 4.90 Å². The Morgan fingerprint density at radius 3 is 2.50 bits per heavy atom. The first-order valence-corrected chi connectivity index (χ1v) is 8.29. The fourth-order valence-electron chi connectivity index (χ4n) is 3.32. The molecule has 24 heavy (non-hydrogen) atoms. The summed E-state index contributed by atoms with van der Waals surface area (Å²) in [6.07, 6.45) is 3.70. The highest BCUT2D eigenvalue weighted by atomic mass is 19.1. The van der Waals surface area contributed by atoms with Gasteiger partial charge >= 0.3 is 0 Å². The maximum Gasteiger partial charge on any atom is 0.127 e. The largest absolute Gasteiger partial charge is 0.363 e. The molecule has 0 spiro atoms. The van der Waals surface area contributed by atoms with Crippen LogP contribution in [-0.2, 0) is 13.0 Å². The summed E-state index contributed by atoms with van der Waals surface area (Å²) in [4.78, 5) is 8.80. The Bertz CT molecular complexity index is 665. The molecule has 0 bridgehead atoms. The number of halogens is 2. The molecule has 1 saturated heterocycles. The molecule has 1 unspecified atom stereocenters. The maximum absolute atomic E-state index is 13.3. The molecule has 1 fully saturated rings. The van der Waals surface area contributed by atoms with Crippen molar-refractivity contribution in [2.45, 2.75) is 19.4 Å². The first kappa shape index (κ1) is 16.8. The molecule has 1 aliphatic rings. The van der Waals surface area contributed by atoms with Gasteiger partial charge in [-0.2, -0.15) is 0 Å². The Labute approximate surface area is 141 Å². The summed E-state index contributed by atoms with van der Waals surface area (Å²) in [5, 5.41) is 0. The highest BCUT2D eigenvalue weighted by Gasteiger charge is 2.23. The van der Waals surface area contributed by atoms with E-state index in [9.17, 15) is 8.78 Å². The van der Waals surface area contributed by atoms with Crippen LogP contribution in [0, 0.1) is 17.6 Å². The number of hydrogen-bond donors (Lipinski definition) is 0. The van der Waals surface area contributed by atoms with Crippen LogP contribution in [0.4, 0.5) is 14.6 Å². The number of hydrogen-bond acceptors (Lipinski definition) is 3. The molecule has 0 aliphatic carbocycles. The maximum atomic E-state index is 13.3. The van der Waals surface area contributed by atoms with E-state index < -0.39 is 11.6 Å². The van der Waals surface area contributed by atoms with Gasteiger partial charge in [-0.3, -0.25) is 4.90 Å². The first-order valence-electron chi connectivity index (χ1n) is 8.29. The van der Waals surface area contributed by atoms with Gasteiger partial charge in [0.25, 0.3) is 0 Å². The minimum Gasteiger partial charge on any atom is -0.363 e. The Morgan fingerprint density at radius 1 is 1.12 bits per heavy atom. The van der Waals surface area contributed by atoms with Gasteiger partial charge in [-0.25, -0.2) is 13.8 Å². The van der Waals surface area contributed by atoms with Crippen molar-refractivity contribution >= 4 is 5.82 Å². The molecular formula is C19H23F2N3. The molecule has 1 atom stereocenters. The monoisotopic (exact) mass is 331 g/mol. The molecule has 3 rings (SSSR count). The van der Waals surface area contributed by atoms with Crippen LogP contribution in [0.3, 0.4) is 0 Å². The van der Waals surface area contributed by atoms with Crippen molar-refractivity contribution in [2.24, 2.45) is 5.92 Å². The highest BCUT2D eigenvalue weighted by molar-refractivity contribution is 5.37. The van der Waals surface area contributed by atoms with E-state index in [-0.39, 0.29) is 0 Å². The third kappa shape index (κ3) is 4.29. The fourth-order valence-corrected chi connectivity index (χ4v) is 3.32. The minimum atomic E-state index is -0.494. The van der Waals surface area contributed by atoms with E-state index in [4.69, 9.17) is 0 Å². The lowest BCUT2D eigenvalue weighted by atomic mass is 9.98. The molecule has 1 aromatic heterocycles. The topological polar surface area (TPSA) is 19.4 Å². The van der Waals surface area contributed by atoms with Crippen molar-refractivity contribution in [1.82, 2.24) is 9.88 Å². The van der Waals surface area contributed by atoms with Gasteiger partial charge in [-0.05, 0) is 54.6 Å². The molecule has 0 saturated carbocycles. The molecule has 1 aliphatic heterocycles. The lowest BCUT2D eigenvalue weighted by Gasteiger charge is -2.17. The molecule has 0 N–H and O–H groups in total. The van der Waals surface area contributed by atoms with Crippen LogP contribution in [0.15, 0.2) is 36.5 Å².